The monoisotopic (exact) mass is 147 g/mol. The Labute approximate surface area is 59.5 Å². The van der Waals surface area contributed by atoms with Crippen molar-refractivity contribution in [1.82, 2.24) is 5.32 Å². The lowest BCUT2D eigenvalue weighted by Gasteiger charge is -2.10. The highest BCUT2D eigenvalue weighted by molar-refractivity contribution is 4.89. The third kappa shape index (κ3) is 1.46. The number of hydrogen-bond acceptors (Lipinski definition) is 4. The van der Waals surface area contributed by atoms with Gasteiger partial charge in [0.1, 0.15) is 0 Å². The van der Waals surface area contributed by atoms with E-state index in [2.05, 4.69) is 5.32 Å². The minimum absolute atomic E-state index is 0.0214. The number of nitrogens with one attached hydrogen (secondary N) is 1. The average molecular weight is 147 g/mol. The topological polar surface area (TPSA) is 72.7 Å². The smallest absolute Gasteiger partial charge is 0.0731 e. The van der Waals surface area contributed by atoms with Crippen molar-refractivity contribution in [3.8, 4) is 0 Å². The van der Waals surface area contributed by atoms with E-state index in [1.807, 2.05) is 0 Å². The summed E-state index contributed by atoms with van der Waals surface area (Å²) in [5.74, 6) is 0. The second kappa shape index (κ2) is 3.30. The summed E-state index contributed by atoms with van der Waals surface area (Å²) in [5, 5.41) is 29.3. The Morgan fingerprint density at radius 1 is 1.30 bits per heavy atom. The van der Waals surface area contributed by atoms with Crippen LogP contribution < -0.4 is 5.32 Å². The second-order valence-corrected chi connectivity index (χ2v) is 2.64. The van der Waals surface area contributed by atoms with E-state index in [1.54, 1.807) is 0 Å². The molecule has 3 atom stereocenters. The molecule has 1 aliphatic rings. The molecule has 4 N–H and O–H groups in total. The molecule has 0 aliphatic carbocycles. The van der Waals surface area contributed by atoms with Gasteiger partial charge in [0.05, 0.1) is 25.4 Å². The summed E-state index contributed by atoms with van der Waals surface area (Å²) in [6.45, 7) is -0.0504. The molecule has 0 saturated carbocycles. The van der Waals surface area contributed by atoms with Gasteiger partial charge in [-0.15, -0.1) is 0 Å². The lowest BCUT2D eigenvalue weighted by Crippen LogP contribution is -2.37. The van der Waals surface area contributed by atoms with Crippen molar-refractivity contribution in [2.75, 3.05) is 13.2 Å². The average Bonchev–Trinajstić information content (AvgIpc) is 2.30. The molecule has 1 saturated heterocycles. The van der Waals surface area contributed by atoms with Crippen LogP contribution in [0.25, 0.3) is 0 Å². The van der Waals surface area contributed by atoms with Crippen LogP contribution in [0.1, 0.15) is 6.42 Å². The van der Waals surface area contributed by atoms with Gasteiger partial charge in [0.15, 0.2) is 0 Å². The van der Waals surface area contributed by atoms with Crippen LogP contribution in [0.5, 0.6) is 0 Å². The zero-order valence-electron chi connectivity index (χ0n) is 5.70. The summed E-state index contributed by atoms with van der Waals surface area (Å²) in [4.78, 5) is 0. The molecule has 4 nitrogen and oxygen atoms in total. The molecule has 0 bridgehead atoms. The molecule has 0 aromatic heterocycles. The Balaban J connectivity index is 2.36. The number of aliphatic hydroxyl groups excluding tert-OH is 3. The van der Waals surface area contributed by atoms with Gasteiger partial charge in [0, 0.05) is 6.04 Å². The quantitative estimate of drug-likeness (QED) is 0.367. The van der Waals surface area contributed by atoms with Crippen LogP contribution in [0.4, 0.5) is 0 Å². The van der Waals surface area contributed by atoms with Crippen LogP contribution >= 0.6 is 0 Å². The van der Waals surface area contributed by atoms with Crippen molar-refractivity contribution in [1.29, 1.82) is 0 Å². The third-order valence-corrected chi connectivity index (χ3v) is 1.86. The van der Waals surface area contributed by atoms with Crippen molar-refractivity contribution in [2.45, 2.75) is 24.6 Å². The lowest BCUT2D eigenvalue weighted by atomic mass is 10.1. The van der Waals surface area contributed by atoms with Gasteiger partial charge in [-0.25, -0.2) is 0 Å². The Kier molecular flexibility index (Phi) is 2.62. The van der Waals surface area contributed by atoms with Crippen LogP contribution in [0.3, 0.4) is 0 Å². The van der Waals surface area contributed by atoms with E-state index < -0.39 is 6.10 Å². The van der Waals surface area contributed by atoms with E-state index in [4.69, 9.17) is 15.3 Å². The molecule has 1 aliphatic heterocycles. The highest BCUT2D eigenvalue weighted by Crippen LogP contribution is 2.11. The summed E-state index contributed by atoms with van der Waals surface area (Å²) in [7, 11) is 0. The maximum atomic E-state index is 9.16. The molecule has 10 heavy (non-hydrogen) atoms. The first-order chi connectivity index (χ1) is 4.77. The second-order valence-electron chi connectivity index (χ2n) is 2.64. The molecule has 4 heteroatoms. The fourth-order valence-electron chi connectivity index (χ4n) is 1.24. The predicted molar refractivity (Wildman–Crippen MR) is 35.5 cm³/mol. The van der Waals surface area contributed by atoms with Gasteiger partial charge in [-0.05, 0) is 6.42 Å². The third-order valence-electron chi connectivity index (χ3n) is 1.86. The molecular weight excluding hydrogens is 134 g/mol. The molecule has 0 aromatic rings. The molecule has 1 rings (SSSR count). The van der Waals surface area contributed by atoms with Crippen molar-refractivity contribution in [3.63, 3.8) is 0 Å². The Morgan fingerprint density at radius 3 is 2.30 bits per heavy atom. The molecular formula is C6H13NO3. The van der Waals surface area contributed by atoms with E-state index in [0.29, 0.717) is 6.42 Å². The number of rotatable bonds is 2. The van der Waals surface area contributed by atoms with Gasteiger partial charge in [-0.3, -0.25) is 0 Å². The van der Waals surface area contributed by atoms with E-state index in [-0.39, 0.29) is 25.3 Å². The molecule has 0 amide bonds. The van der Waals surface area contributed by atoms with Crippen molar-refractivity contribution in [2.24, 2.45) is 0 Å². The predicted octanol–water partition coefficient (Wildman–Crippen LogP) is -1.94. The fourth-order valence-corrected chi connectivity index (χ4v) is 1.24. The highest BCUT2D eigenvalue weighted by atomic mass is 16.3. The van der Waals surface area contributed by atoms with E-state index in [0.717, 1.165) is 0 Å². The van der Waals surface area contributed by atoms with Gasteiger partial charge in [0.2, 0.25) is 0 Å². The summed E-state index contributed by atoms with van der Waals surface area (Å²) in [6, 6.07) is -0.302. The van der Waals surface area contributed by atoms with Crippen LogP contribution in [-0.4, -0.2) is 46.7 Å². The van der Waals surface area contributed by atoms with Crippen LogP contribution in [0.15, 0.2) is 0 Å². The number of aliphatic hydroxyl groups is 3. The fraction of sp³-hybridized carbons (Fsp3) is 1.00. The largest absolute Gasteiger partial charge is 0.395 e. The summed E-state index contributed by atoms with van der Waals surface area (Å²) < 4.78 is 0. The van der Waals surface area contributed by atoms with Gasteiger partial charge in [0.25, 0.3) is 0 Å². The summed E-state index contributed by atoms with van der Waals surface area (Å²) >= 11 is 0. The van der Waals surface area contributed by atoms with Crippen molar-refractivity contribution >= 4 is 0 Å². The van der Waals surface area contributed by atoms with Crippen molar-refractivity contribution < 1.29 is 15.3 Å². The van der Waals surface area contributed by atoms with Crippen LogP contribution in [-0.2, 0) is 0 Å². The Bertz CT molecular complexity index is 109. The standard InChI is InChI=1S/C6H13NO3/c8-2-4-1-6(10)5(3-9)7-4/h4-10H,1-3H2/t4-,5-,6?/m1/s1. The highest BCUT2D eigenvalue weighted by Gasteiger charge is 2.30. The van der Waals surface area contributed by atoms with E-state index >= 15 is 0 Å². The molecule has 1 unspecified atom stereocenters. The summed E-state index contributed by atoms with van der Waals surface area (Å²) in [6.07, 6.45) is 0.0176. The van der Waals surface area contributed by atoms with Gasteiger partial charge in [-0.1, -0.05) is 0 Å². The maximum absolute atomic E-state index is 9.16. The first-order valence-corrected chi connectivity index (χ1v) is 3.43. The lowest BCUT2D eigenvalue weighted by molar-refractivity contribution is 0.121. The number of hydrogen-bond donors (Lipinski definition) is 4. The Morgan fingerprint density at radius 2 is 2.00 bits per heavy atom. The first-order valence-electron chi connectivity index (χ1n) is 3.43. The van der Waals surface area contributed by atoms with Crippen LogP contribution in [0, 0.1) is 0 Å². The van der Waals surface area contributed by atoms with Gasteiger partial charge >= 0.3 is 0 Å². The maximum Gasteiger partial charge on any atom is 0.0731 e. The summed E-state index contributed by atoms with van der Waals surface area (Å²) in [5.41, 5.74) is 0. The molecule has 1 fully saturated rings. The zero-order valence-corrected chi connectivity index (χ0v) is 5.70. The van der Waals surface area contributed by atoms with E-state index in [1.165, 1.54) is 0 Å². The first kappa shape index (κ1) is 7.94. The Hall–Kier alpha value is -0.160. The van der Waals surface area contributed by atoms with Gasteiger partial charge in [-0.2, -0.15) is 0 Å². The normalized spacial score (nSPS) is 40.5. The van der Waals surface area contributed by atoms with E-state index in [9.17, 15) is 0 Å². The molecule has 0 spiro atoms. The molecule has 0 aromatic carbocycles. The minimum Gasteiger partial charge on any atom is -0.395 e. The van der Waals surface area contributed by atoms with Crippen LogP contribution in [0.2, 0.25) is 0 Å². The molecule has 60 valence electrons. The molecule has 0 radical (unpaired) electrons. The van der Waals surface area contributed by atoms with Gasteiger partial charge < -0.3 is 20.6 Å². The zero-order chi connectivity index (χ0) is 7.56. The molecule has 1 heterocycles. The minimum atomic E-state index is -0.512. The SMILES string of the molecule is OC[C@H]1CC(O)[C@@H](CO)N1. The van der Waals surface area contributed by atoms with Crippen molar-refractivity contribution in [3.05, 3.63) is 0 Å².